The molecule has 102 valence electrons. The molecule has 0 spiro atoms. The van der Waals surface area contributed by atoms with Crippen LogP contribution in [0.5, 0.6) is 5.75 Å². The largest absolute Gasteiger partial charge is 0.486 e. The Morgan fingerprint density at radius 3 is 2.63 bits per heavy atom. The van der Waals surface area contributed by atoms with Gasteiger partial charge in [-0.3, -0.25) is 5.10 Å². The van der Waals surface area contributed by atoms with Crippen molar-refractivity contribution in [2.24, 2.45) is 11.7 Å². The monoisotopic (exact) mass is 280 g/mol. The number of rotatable bonds is 5. The maximum absolute atomic E-state index is 5.97. The van der Waals surface area contributed by atoms with E-state index in [1.807, 2.05) is 13.8 Å². The lowest BCUT2D eigenvalue weighted by molar-refractivity contribution is 0.296. The lowest BCUT2D eigenvalue weighted by Crippen LogP contribution is -2.18. The van der Waals surface area contributed by atoms with Crippen molar-refractivity contribution in [3.05, 3.63) is 40.9 Å². The molecule has 0 fully saturated rings. The van der Waals surface area contributed by atoms with Gasteiger partial charge in [0.2, 0.25) is 0 Å². The van der Waals surface area contributed by atoms with Gasteiger partial charge in [0.15, 0.2) is 11.6 Å². The molecule has 0 bridgehead atoms. The molecule has 1 aromatic carbocycles. The van der Waals surface area contributed by atoms with E-state index in [0.717, 1.165) is 5.75 Å². The molecule has 2 rings (SSSR count). The molecule has 5 nitrogen and oxygen atoms in total. The van der Waals surface area contributed by atoms with E-state index in [-0.39, 0.29) is 6.04 Å². The van der Waals surface area contributed by atoms with Gasteiger partial charge in [0.05, 0.1) is 6.04 Å². The van der Waals surface area contributed by atoms with Gasteiger partial charge in [-0.25, -0.2) is 4.98 Å². The number of H-pyrrole nitrogens is 1. The predicted octanol–water partition coefficient (Wildman–Crippen LogP) is 2.69. The molecule has 0 aliphatic carbocycles. The molecule has 19 heavy (non-hydrogen) atoms. The van der Waals surface area contributed by atoms with Crippen LogP contribution in [0, 0.1) is 5.92 Å². The summed E-state index contributed by atoms with van der Waals surface area (Å²) in [5.74, 6) is 2.29. The van der Waals surface area contributed by atoms with Crippen LogP contribution in [-0.2, 0) is 6.61 Å². The van der Waals surface area contributed by atoms with Crippen LogP contribution in [0.25, 0.3) is 0 Å². The molecule has 1 heterocycles. The fourth-order valence-corrected chi connectivity index (χ4v) is 1.63. The Balaban J connectivity index is 1.95. The van der Waals surface area contributed by atoms with Crippen molar-refractivity contribution in [2.45, 2.75) is 26.5 Å². The highest BCUT2D eigenvalue weighted by Crippen LogP contribution is 2.17. The topological polar surface area (TPSA) is 76.8 Å². The number of ether oxygens (including phenoxy) is 1. The number of benzene rings is 1. The highest BCUT2D eigenvalue weighted by Gasteiger charge is 2.15. The van der Waals surface area contributed by atoms with Gasteiger partial charge in [-0.15, -0.1) is 0 Å². The van der Waals surface area contributed by atoms with Crippen LogP contribution in [0.2, 0.25) is 5.02 Å². The van der Waals surface area contributed by atoms with Crippen LogP contribution in [0.15, 0.2) is 24.3 Å². The van der Waals surface area contributed by atoms with Crippen molar-refractivity contribution >= 4 is 11.6 Å². The molecule has 3 N–H and O–H groups in total. The Morgan fingerprint density at radius 2 is 2.00 bits per heavy atom. The molecule has 0 aliphatic heterocycles. The zero-order valence-electron chi connectivity index (χ0n) is 10.9. The zero-order chi connectivity index (χ0) is 13.8. The van der Waals surface area contributed by atoms with Crippen molar-refractivity contribution in [1.82, 2.24) is 15.2 Å². The van der Waals surface area contributed by atoms with Crippen LogP contribution >= 0.6 is 11.6 Å². The maximum Gasteiger partial charge on any atom is 0.167 e. The summed E-state index contributed by atoms with van der Waals surface area (Å²) in [7, 11) is 0. The Bertz CT molecular complexity index is 524. The van der Waals surface area contributed by atoms with E-state index in [9.17, 15) is 0 Å². The molecule has 1 unspecified atom stereocenters. The highest BCUT2D eigenvalue weighted by atomic mass is 35.5. The Labute approximate surface area is 117 Å². The average Bonchev–Trinajstić information content (AvgIpc) is 2.86. The van der Waals surface area contributed by atoms with Gasteiger partial charge >= 0.3 is 0 Å². The first kappa shape index (κ1) is 13.8. The summed E-state index contributed by atoms with van der Waals surface area (Å²) in [6, 6.07) is 6.99. The number of nitrogens with two attached hydrogens (primary N) is 1. The zero-order valence-corrected chi connectivity index (χ0v) is 11.7. The number of halogens is 1. The molecule has 0 aliphatic rings. The Hall–Kier alpha value is -1.59. The third-order valence-electron chi connectivity index (χ3n) is 2.75. The van der Waals surface area contributed by atoms with Gasteiger partial charge in [0.25, 0.3) is 0 Å². The van der Waals surface area contributed by atoms with E-state index in [0.29, 0.717) is 29.2 Å². The Kier molecular flexibility index (Phi) is 4.39. The van der Waals surface area contributed by atoms with Crippen LogP contribution in [0.4, 0.5) is 0 Å². The second-order valence-corrected chi connectivity index (χ2v) is 5.09. The molecule has 0 radical (unpaired) electrons. The molecule has 0 saturated carbocycles. The van der Waals surface area contributed by atoms with Crippen LogP contribution < -0.4 is 10.5 Å². The van der Waals surface area contributed by atoms with E-state index < -0.39 is 0 Å². The summed E-state index contributed by atoms with van der Waals surface area (Å²) in [6.07, 6.45) is 0. The first-order chi connectivity index (χ1) is 9.06. The summed E-state index contributed by atoms with van der Waals surface area (Å²) in [4.78, 5) is 4.32. The molecule has 0 saturated heterocycles. The first-order valence-corrected chi connectivity index (χ1v) is 6.49. The number of nitrogens with zero attached hydrogens (tertiary/aromatic N) is 2. The normalized spacial score (nSPS) is 12.7. The fraction of sp³-hybridized carbons (Fsp3) is 0.385. The Morgan fingerprint density at radius 1 is 1.32 bits per heavy atom. The number of aromatic amines is 1. The van der Waals surface area contributed by atoms with Crippen LogP contribution in [-0.4, -0.2) is 15.2 Å². The number of hydrogen-bond acceptors (Lipinski definition) is 4. The van der Waals surface area contributed by atoms with Crippen LogP contribution in [0.3, 0.4) is 0 Å². The van der Waals surface area contributed by atoms with Crippen molar-refractivity contribution in [2.75, 3.05) is 0 Å². The van der Waals surface area contributed by atoms with Crippen molar-refractivity contribution in [1.29, 1.82) is 0 Å². The minimum atomic E-state index is -0.166. The third kappa shape index (κ3) is 3.68. The van der Waals surface area contributed by atoms with E-state index in [2.05, 4.69) is 15.2 Å². The lowest BCUT2D eigenvalue weighted by Gasteiger charge is -2.10. The maximum atomic E-state index is 5.97. The predicted molar refractivity (Wildman–Crippen MR) is 73.9 cm³/mol. The summed E-state index contributed by atoms with van der Waals surface area (Å²) < 4.78 is 5.57. The third-order valence-corrected chi connectivity index (χ3v) is 3.01. The first-order valence-electron chi connectivity index (χ1n) is 6.11. The number of hydrogen-bond donors (Lipinski definition) is 2. The second-order valence-electron chi connectivity index (χ2n) is 4.65. The van der Waals surface area contributed by atoms with Crippen molar-refractivity contribution in [3.63, 3.8) is 0 Å². The van der Waals surface area contributed by atoms with Gasteiger partial charge < -0.3 is 10.5 Å². The quantitative estimate of drug-likeness (QED) is 0.883. The van der Waals surface area contributed by atoms with E-state index in [1.54, 1.807) is 24.3 Å². The highest BCUT2D eigenvalue weighted by molar-refractivity contribution is 6.30. The fourth-order valence-electron chi connectivity index (χ4n) is 1.50. The van der Waals surface area contributed by atoms with Gasteiger partial charge in [0, 0.05) is 5.02 Å². The summed E-state index contributed by atoms with van der Waals surface area (Å²) in [5, 5.41) is 7.61. The van der Waals surface area contributed by atoms with Gasteiger partial charge in [0.1, 0.15) is 12.4 Å². The minimum Gasteiger partial charge on any atom is -0.486 e. The molecule has 2 aromatic rings. The standard InChI is InChI=1S/C13H17ClN4O/c1-8(2)12(15)13-16-11(17-18-13)7-19-10-5-3-9(14)4-6-10/h3-6,8,12H,7,15H2,1-2H3,(H,16,17,18). The summed E-state index contributed by atoms with van der Waals surface area (Å²) >= 11 is 5.80. The molecular formula is C13H17ClN4O. The van der Waals surface area contributed by atoms with E-state index >= 15 is 0 Å². The smallest absolute Gasteiger partial charge is 0.167 e. The average molecular weight is 281 g/mol. The molecule has 1 aromatic heterocycles. The van der Waals surface area contributed by atoms with E-state index in [1.165, 1.54) is 0 Å². The molecule has 6 heteroatoms. The lowest BCUT2D eigenvalue weighted by atomic mass is 10.1. The molecule has 0 amide bonds. The minimum absolute atomic E-state index is 0.166. The SMILES string of the molecule is CC(C)C(N)c1n[nH]c(COc2ccc(Cl)cc2)n1. The van der Waals surface area contributed by atoms with Crippen LogP contribution in [0.1, 0.15) is 31.5 Å². The molecule has 1 atom stereocenters. The van der Waals surface area contributed by atoms with Crippen molar-refractivity contribution < 1.29 is 4.74 Å². The van der Waals surface area contributed by atoms with Gasteiger partial charge in [-0.1, -0.05) is 25.4 Å². The van der Waals surface area contributed by atoms with Gasteiger partial charge in [-0.05, 0) is 30.2 Å². The number of aromatic nitrogens is 3. The summed E-state index contributed by atoms with van der Waals surface area (Å²) in [6.45, 7) is 4.38. The molecular weight excluding hydrogens is 264 g/mol. The number of nitrogens with one attached hydrogen (secondary N) is 1. The second kappa shape index (κ2) is 6.04. The van der Waals surface area contributed by atoms with Gasteiger partial charge in [-0.2, -0.15) is 5.10 Å². The van der Waals surface area contributed by atoms with E-state index in [4.69, 9.17) is 22.1 Å². The van der Waals surface area contributed by atoms with Crippen molar-refractivity contribution in [3.8, 4) is 5.75 Å². The summed E-state index contributed by atoms with van der Waals surface area (Å²) in [5.41, 5.74) is 5.97.